The van der Waals surface area contributed by atoms with Gasteiger partial charge in [0.05, 0.1) is 10.7 Å². The van der Waals surface area contributed by atoms with E-state index >= 15 is 0 Å². The third-order valence-electron chi connectivity index (χ3n) is 4.40. The van der Waals surface area contributed by atoms with Gasteiger partial charge in [-0.25, -0.2) is 4.98 Å². The molecule has 3 aromatic rings. The van der Waals surface area contributed by atoms with Crippen LogP contribution >= 0.6 is 15.9 Å². The summed E-state index contributed by atoms with van der Waals surface area (Å²) >= 11 is 3.52. The highest BCUT2D eigenvalue weighted by atomic mass is 79.9. The van der Waals surface area contributed by atoms with Crippen LogP contribution in [0, 0.1) is 5.21 Å². The molecule has 0 amide bonds. The Hall–Kier alpha value is -2.19. The van der Waals surface area contributed by atoms with Gasteiger partial charge in [0.1, 0.15) is 5.82 Å². The summed E-state index contributed by atoms with van der Waals surface area (Å²) in [6, 6.07) is 5.71. The third-order valence-corrected chi connectivity index (χ3v) is 4.96. The van der Waals surface area contributed by atoms with Crippen LogP contribution in [0.3, 0.4) is 0 Å². The zero-order valence-corrected chi connectivity index (χ0v) is 15.1. The fourth-order valence-electron chi connectivity index (χ4n) is 3.08. The summed E-state index contributed by atoms with van der Waals surface area (Å²) in [5, 5.41) is 19.2. The van der Waals surface area contributed by atoms with Crippen molar-refractivity contribution < 1.29 is 9.47 Å². The molecule has 0 bridgehead atoms. The van der Waals surface area contributed by atoms with Gasteiger partial charge >= 0.3 is 0 Å². The molecule has 25 heavy (non-hydrogen) atoms. The van der Waals surface area contributed by atoms with Crippen molar-refractivity contribution in [3.05, 3.63) is 57.7 Å². The van der Waals surface area contributed by atoms with Gasteiger partial charge in [0.25, 0.3) is 0 Å². The van der Waals surface area contributed by atoms with Crippen molar-refractivity contribution in [2.24, 2.45) is 0 Å². The fraction of sp³-hybridized carbons (Fsp3) is 0.353. The molecule has 0 unspecified atom stereocenters. The van der Waals surface area contributed by atoms with Gasteiger partial charge in [-0.15, -0.1) is 0 Å². The highest BCUT2D eigenvalue weighted by molar-refractivity contribution is 9.10. The van der Waals surface area contributed by atoms with Crippen molar-refractivity contribution in [1.82, 2.24) is 14.6 Å². The molecule has 0 spiro atoms. The van der Waals surface area contributed by atoms with Crippen molar-refractivity contribution in [2.75, 3.05) is 18.5 Å². The van der Waals surface area contributed by atoms with Crippen LogP contribution in [0.15, 0.2) is 41.3 Å². The number of ether oxygens (including phenoxy) is 1. The second-order valence-electron chi connectivity index (χ2n) is 6.11. The van der Waals surface area contributed by atoms with E-state index in [1.54, 1.807) is 23.0 Å². The lowest BCUT2D eigenvalue weighted by molar-refractivity contribution is -0.605. The Morgan fingerprint density at radius 3 is 3.04 bits per heavy atom. The molecule has 0 aliphatic carbocycles. The largest absolute Gasteiger partial charge is 0.619 e. The summed E-state index contributed by atoms with van der Waals surface area (Å²) in [6.45, 7) is 2.08. The van der Waals surface area contributed by atoms with Crippen LogP contribution in [0.5, 0.6) is 0 Å². The summed E-state index contributed by atoms with van der Waals surface area (Å²) in [4.78, 5) is 4.79. The van der Waals surface area contributed by atoms with Gasteiger partial charge in [-0.3, -0.25) is 0 Å². The predicted molar refractivity (Wildman–Crippen MR) is 96.2 cm³/mol. The normalized spacial score (nSPS) is 15.6. The number of fused-ring (bicyclic) bond motifs is 1. The number of hydrogen-bond donors (Lipinski definition) is 1. The first-order valence-electron chi connectivity index (χ1n) is 8.24. The molecule has 3 aromatic heterocycles. The van der Waals surface area contributed by atoms with Gasteiger partial charge in [-0.1, -0.05) is 0 Å². The van der Waals surface area contributed by atoms with E-state index in [0.29, 0.717) is 12.5 Å². The van der Waals surface area contributed by atoms with Crippen molar-refractivity contribution in [3.63, 3.8) is 0 Å². The summed E-state index contributed by atoms with van der Waals surface area (Å²) in [5.74, 6) is 1.25. The van der Waals surface area contributed by atoms with E-state index < -0.39 is 0 Å². The third kappa shape index (κ3) is 3.45. The van der Waals surface area contributed by atoms with Crippen LogP contribution in [-0.4, -0.2) is 27.8 Å². The number of pyridine rings is 1. The molecule has 1 saturated heterocycles. The van der Waals surface area contributed by atoms with Gasteiger partial charge in [-0.05, 0) is 34.8 Å². The predicted octanol–water partition coefficient (Wildman–Crippen LogP) is 2.63. The standard InChI is InChI=1S/C17H18BrN5O2/c18-14-10-20-23-16(19-9-12-2-1-5-22(24)11-12)8-15(21-17(14)23)13-3-6-25-7-4-13/h1-2,5,8,10-11,13,19H,3-4,6-7,9H2. The molecule has 0 radical (unpaired) electrons. The number of nitrogens with one attached hydrogen (secondary N) is 1. The Kier molecular flexibility index (Phi) is 4.54. The molecule has 8 heteroatoms. The van der Waals surface area contributed by atoms with Crippen molar-refractivity contribution in [3.8, 4) is 0 Å². The highest BCUT2D eigenvalue weighted by Crippen LogP contribution is 2.29. The average Bonchev–Trinajstić information content (AvgIpc) is 3.02. The second-order valence-corrected chi connectivity index (χ2v) is 6.96. The van der Waals surface area contributed by atoms with E-state index in [1.165, 1.54) is 6.20 Å². The molecule has 0 atom stereocenters. The topological polar surface area (TPSA) is 78.4 Å². The van der Waals surface area contributed by atoms with Crippen LogP contribution in [0.25, 0.3) is 5.65 Å². The van der Waals surface area contributed by atoms with Crippen LogP contribution < -0.4 is 10.0 Å². The molecule has 1 N–H and O–H groups in total. The summed E-state index contributed by atoms with van der Waals surface area (Å²) in [6.07, 6.45) is 6.73. The maximum absolute atomic E-state index is 11.4. The van der Waals surface area contributed by atoms with Crippen LogP contribution in [-0.2, 0) is 11.3 Å². The van der Waals surface area contributed by atoms with Gasteiger partial charge in [0.2, 0.25) is 0 Å². The zero-order chi connectivity index (χ0) is 17.2. The van der Waals surface area contributed by atoms with E-state index in [0.717, 1.165) is 58.0 Å². The molecule has 0 aromatic carbocycles. The van der Waals surface area contributed by atoms with Gasteiger partial charge in [-0.2, -0.15) is 14.3 Å². The first kappa shape index (κ1) is 16.3. The highest BCUT2D eigenvalue weighted by Gasteiger charge is 2.20. The van der Waals surface area contributed by atoms with E-state index in [9.17, 15) is 5.21 Å². The van der Waals surface area contributed by atoms with E-state index in [-0.39, 0.29) is 0 Å². The summed E-state index contributed by atoms with van der Waals surface area (Å²) in [7, 11) is 0. The first-order chi connectivity index (χ1) is 12.2. The number of aromatic nitrogens is 4. The van der Waals surface area contributed by atoms with Crippen molar-refractivity contribution in [2.45, 2.75) is 25.3 Å². The Labute approximate surface area is 153 Å². The lowest BCUT2D eigenvalue weighted by atomic mass is 9.96. The molecular weight excluding hydrogens is 386 g/mol. The van der Waals surface area contributed by atoms with Crippen LogP contribution in [0.4, 0.5) is 5.82 Å². The molecule has 1 aliphatic heterocycles. The Morgan fingerprint density at radius 1 is 1.40 bits per heavy atom. The lowest BCUT2D eigenvalue weighted by Crippen LogP contribution is -2.25. The molecule has 7 nitrogen and oxygen atoms in total. The van der Waals surface area contributed by atoms with Gasteiger partial charge < -0.3 is 15.3 Å². The van der Waals surface area contributed by atoms with Crippen molar-refractivity contribution in [1.29, 1.82) is 0 Å². The smallest absolute Gasteiger partial charge is 0.185 e. The maximum atomic E-state index is 11.4. The fourth-order valence-corrected chi connectivity index (χ4v) is 3.43. The van der Waals surface area contributed by atoms with E-state index in [4.69, 9.17) is 9.72 Å². The number of rotatable bonds is 4. The van der Waals surface area contributed by atoms with Crippen LogP contribution in [0.1, 0.15) is 30.0 Å². The molecule has 1 fully saturated rings. The first-order valence-corrected chi connectivity index (χ1v) is 9.03. The number of halogens is 1. The molecule has 0 saturated carbocycles. The minimum atomic E-state index is 0.390. The minimum Gasteiger partial charge on any atom is -0.619 e. The number of hydrogen-bond acceptors (Lipinski definition) is 5. The second kappa shape index (κ2) is 6.97. The number of nitrogens with zero attached hydrogens (tertiary/aromatic N) is 4. The van der Waals surface area contributed by atoms with E-state index in [1.807, 2.05) is 6.07 Å². The molecule has 1 aliphatic rings. The Morgan fingerprint density at radius 2 is 2.24 bits per heavy atom. The monoisotopic (exact) mass is 403 g/mol. The molecule has 130 valence electrons. The maximum Gasteiger partial charge on any atom is 0.185 e. The molecule has 4 heterocycles. The zero-order valence-electron chi connectivity index (χ0n) is 13.6. The Bertz CT molecular complexity index is 892. The minimum absolute atomic E-state index is 0.390. The lowest BCUT2D eigenvalue weighted by Gasteiger charge is -2.22. The molecular formula is C17H18BrN5O2. The summed E-state index contributed by atoms with van der Waals surface area (Å²) in [5.41, 5.74) is 2.74. The van der Waals surface area contributed by atoms with Crippen LogP contribution in [0.2, 0.25) is 0 Å². The van der Waals surface area contributed by atoms with Gasteiger partial charge in [0.15, 0.2) is 18.0 Å². The summed E-state index contributed by atoms with van der Waals surface area (Å²) < 4.78 is 8.91. The Balaban J connectivity index is 1.66. The molecule has 4 rings (SSSR count). The quantitative estimate of drug-likeness (QED) is 0.534. The van der Waals surface area contributed by atoms with Gasteiger partial charge in [0, 0.05) is 49.1 Å². The van der Waals surface area contributed by atoms with Crippen molar-refractivity contribution >= 4 is 27.4 Å². The SMILES string of the molecule is [O-][n+]1cccc(CNc2cc(C3CCOCC3)nc3c(Br)cnn23)c1. The van der Waals surface area contributed by atoms with E-state index in [2.05, 4.69) is 32.4 Å². The average molecular weight is 404 g/mol. The number of anilines is 1.